The summed E-state index contributed by atoms with van der Waals surface area (Å²) in [7, 11) is 0. The second-order valence-electron chi connectivity index (χ2n) is 5.56. The highest BCUT2D eigenvalue weighted by molar-refractivity contribution is 5.97. The molecule has 2 rings (SSSR count). The molecule has 0 aromatic heterocycles. The number of benzene rings is 2. The number of amides is 2. The first kappa shape index (κ1) is 16.7. The van der Waals surface area contributed by atoms with E-state index in [0.717, 1.165) is 22.8 Å². The monoisotopic (exact) mass is 314 g/mol. The summed E-state index contributed by atoms with van der Waals surface area (Å²) in [6.45, 7) is 3.97. The van der Waals surface area contributed by atoms with Crippen molar-refractivity contribution in [3.63, 3.8) is 0 Å². The Bertz CT molecular complexity index is 744. The smallest absolute Gasteiger partial charge is 0.252 e. The van der Waals surface area contributed by atoms with Gasteiger partial charge in [-0.1, -0.05) is 24.3 Å². The normalized spacial score (nSPS) is 11.8. The number of nitrogens with one attached hydrogen (secondary N) is 1. The number of rotatable bonds is 5. The molecule has 0 unspecified atom stereocenters. The second kappa shape index (κ2) is 7.05. The van der Waals surface area contributed by atoms with Crippen LogP contribution in [0.1, 0.15) is 27.0 Å². The van der Waals surface area contributed by atoms with Crippen molar-refractivity contribution < 1.29 is 14.0 Å². The molecule has 0 bridgehead atoms. The molecule has 120 valence electrons. The highest BCUT2D eigenvalue weighted by Crippen LogP contribution is 2.12. The molecule has 2 aromatic carbocycles. The summed E-state index contributed by atoms with van der Waals surface area (Å²) in [6, 6.07) is 10.2. The number of hydrogen-bond acceptors (Lipinski definition) is 2. The van der Waals surface area contributed by atoms with Crippen LogP contribution in [0.5, 0.6) is 0 Å². The third-order valence-electron chi connectivity index (χ3n) is 3.75. The molecule has 5 heteroatoms. The maximum Gasteiger partial charge on any atom is 0.252 e. The summed E-state index contributed by atoms with van der Waals surface area (Å²) >= 11 is 0. The maximum atomic E-state index is 13.2. The minimum absolute atomic E-state index is 0.149. The molecule has 1 atom stereocenters. The molecule has 0 radical (unpaired) electrons. The van der Waals surface area contributed by atoms with Crippen LogP contribution in [0.3, 0.4) is 0 Å². The fourth-order valence-electron chi connectivity index (χ4n) is 2.26. The summed E-state index contributed by atoms with van der Waals surface area (Å²) < 4.78 is 13.2. The fourth-order valence-corrected chi connectivity index (χ4v) is 2.26. The first-order chi connectivity index (χ1) is 10.9. The Labute approximate surface area is 134 Å². The number of primary amides is 1. The molecular weight excluding hydrogens is 295 g/mol. The van der Waals surface area contributed by atoms with Gasteiger partial charge in [-0.15, -0.1) is 0 Å². The third kappa shape index (κ3) is 4.39. The van der Waals surface area contributed by atoms with Crippen molar-refractivity contribution in [2.75, 3.05) is 0 Å². The molecule has 0 aliphatic carbocycles. The lowest BCUT2D eigenvalue weighted by Gasteiger charge is -2.16. The zero-order chi connectivity index (χ0) is 17.0. The summed E-state index contributed by atoms with van der Waals surface area (Å²) in [5.41, 5.74) is 8.68. The van der Waals surface area contributed by atoms with E-state index in [2.05, 4.69) is 5.32 Å². The summed E-state index contributed by atoms with van der Waals surface area (Å²) in [4.78, 5) is 23.8. The largest absolute Gasteiger partial charge is 0.368 e. The first-order valence-corrected chi connectivity index (χ1v) is 7.28. The Morgan fingerprint density at radius 1 is 1.13 bits per heavy atom. The zero-order valence-electron chi connectivity index (χ0n) is 13.1. The average Bonchev–Trinajstić information content (AvgIpc) is 2.50. The van der Waals surface area contributed by atoms with Gasteiger partial charge in [0.15, 0.2) is 0 Å². The predicted molar refractivity (Wildman–Crippen MR) is 86.5 cm³/mol. The Balaban J connectivity index is 2.14. The van der Waals surface area contributed by atoms with Crippen molar-refractivity contribution in [3.05, 3.63) is 70.5 Å². The predicted octanol–water partition coefficient (Wildman–Crippen LogP) is 2.27. The molecule has 0 saturated heterocycles. The Hall–Kier alpha value is -2.69. The van der Waals surface area contributed by atoms with Gasteiger partial charge in [0.25, 0.3) is 5.91 Å². The van der Waals surface area contributed by atoms with E-state index in [1.807, 2.05) is 32.0 Å². The van der Waals surface area contributed by atoms with E-state index in [1.54, 1.807) is 0 Å². The van der Waals surface area contributed by atoms with E-state index in [4.69, 9.17) is 5.73 Å². The van der Waals surface area contributed by atoms with Crippen LogP contribution in [0, 0.1) is 19.7 Å². The lowest BCUT2D eigenvalue weighted by molar-refractivity contribution is -0.119. The molecule has 0 aliphatic heterocycles. The Morgan fingerprint density at radius 2 is 1.87 bits per heavy atom. The number of carbonyl (C=O) groups excluding carboxylic acids is 2. The number of aryl methyl sites for hydroxylation is 2. The first-order valence-electron chi connectivity index (χ1n) is 7.28. The van der Waals surface area contributed by atoms with E-state index in [1.165, 1.54) is 18.2 Å². The van der Waals surface area contributed by atoms with Gasteiger partial charge >= 0.3 is 0 Å². The Morgan fingerprint density at radius 3 is 2.48 bits per heavy atom. The van der Waals surface area contributed by atoms with E-state index in [9.17, 15) is 14.0 Å². The molecule has 23 heavy (non-hydrogen) atoms. The van der Waals surface area contributed by atoms with Crippen LogP contribution in [-0.4, -0.2) is 17.9 Å². The van der Waals surface area contributed by atoms with Crippen LogP contribution in [0.2, 0.25) is 0 Å². The number of carbonyl (C=O) groups is 2. The molecule has 0 fully saturated rings. The maximum absolute atomic E-state index is 13.2. The Kier molecular flexibility index (Phi) is 5.11. The van der Waals surface area contributed by atoms with Crippen LogP contribution < -0.4 is 11.1 Å². The molecule has 0 saturated carbocycles. The lowest BCUT2D eigenvalue weighted by atomic mass is 10.0. The van der Waals surface area contributed by atoms with Crippen molar-refractivity contribution in [1.29, 1.82) is 0 Å². The SMILES string of the molecule is Cc1ccc(C[C@@H](NC(=O)c2cccc(F)c2)C(N)=O)cc1C. The van der Waals surface area contributed by atoms with Crippen molar-refractivity contribution in [3.8, 4) is 0 Å². The highest BCUT2D eigenvalue weighted by atomic mass is 19.1. The number of hydrogen-bond donors (Lipinski definition) is 2. The van der Waals surface area contributed by atoms with Crippen molar-refractivity contribution in [1.82, 2.24) is 5.32 Å². The van der Waals surface area contributed by atoms with Gasteiger partial charge in [-0.2, -0.15) is 0 Å². The van der Waals surface area contributed by atoms with Crippen LogP contribution in [0.25, 0.3) is 0 Å². The standard InChI is InChI=1S/C18H19FN2O2/c1-11-6-7-13(8-12(11)2)9-16(17(20)22)21-18(23)14-4-3-5-15(19)10-14/h3-8,10,16H,9H2,1-2H3,(H2,20,22)(H,21,23)/t16-/m1/s1. The topological polar surface area (TPSA) is 72.2 Å². The van der Waals surface area contributed by atoms with Gasteiger partial charge in [0.05, 0.1) is 0 Å². The van der Waals surface area contributed by atoms with Crippen LogP contribution in [0.15, 0.2) is 42.5 Å². The lowest BCUT2D eigenvalue weighted by Crippen LogP contribution is -2.45. The van der Waals surface area contributed by atoms with E-state index < -0.39 is 23.7 Å². The fraction of sp³-hybridized carbons (Fsp3) is 0.222. The van der Waals surface area contributed by atoms with Crippen molar-refractivity contribution >= 4 is 11.8 Å². The van der Waals surface area contributed by atoms with Gasteiger partial charge in [0.1, 0.15) is 11.9 Å². The quantitative estimate of drug-likeness (QED) is 0.888. The summed E-state index contributed by atoms with van der Waals surface area (Å²) in [6.07, 6.45) is 0.289. The van der Waals surface area contributed by atoms with E-state index in [-0.39, 0.29) is 12.0 Å². The van der Waals surface area contributed by atoms with Crippen LogP contribution in [0.4, 0.5) is 4.39 Å². The highest BCUT2D eigenvalue weighted by Gasteiger charge is 2.20. The summed E-state index contributed by atoms with van der Waals surface area (Å²) in [5.74, 6) is -1.67. The molecule has 0 aliphatic rings. The number of halogens is 1. The van der Waals surface area contributed by atoms with Gasteiger partial charge in [-0.05, 0) is 48.7 Å². The van der Waals surface area contributed by atoms with Gasteiger partial charge in [-0.3, -0.25) is 9.59 Å². The van der Waals surface area contributed by atoms with E-state index in [0.29, 0.717) is 0 Å². The molecule has 0 heterocycles. The minimum atomic E-state index is -0.854. The zero-order valence-corrected chi connectivity index (χ0v) is 13.1. The number of nitrogens with two attached hydrogens (primary N) is 1. The minimum Gasteiger partial charge on any atom is -0.368 e. The van der Waals surface area contributed by atoms with Crippen LogP contribution in [-0.2, 0) is 11.2 Å². The molecule has 0 spiro atoms. The van der Waals surface area contributed by atoms with Gasteiger partial charge in [0.2, 0.25) is 5.91 Å². The van der Waals surface area contributed by atoms with Gasteiger partial charge in [-0.25, -0.2) is 4.39 Å². The summed E-state index contributed by atoms with van der Waals surface area (Å²) in [5, 5.41) is 2.56. The molecule has 2 amide bonds. The van der Waals surface area contributed by atoms with E-state index >= 15 is 0 Å². The molecule has 3 N–H and O–H groups in total. The molecular formula is C18H19FN2O2. The van der Waals surface area contributed by atoms with Crippen molar-refractivity contribution in [2.45, 2.75) is 26.3 Å². The van der Waals surface area contributed by atoms with Gasteiger partial charge in [0, 0.05) is 12.0 Å². The van der Waals surface area contributed by atoms with Gasteiger partial charge < -0.3 is 11.1 Å². The molecule has 4 nitrogen and oxygen atoms in total. The second-order valence-corrected chi connectivity index (χ2v) is 5.56. The van der Waals surface area contributed by atoms with Crippen LogP contribution >= 0.6 is 0 Å². The average molecular weight is 314 g/mol. The molecule has 2 aromatic rings. The third-order valence-corrected chi connectivity index (χ3v) is 3.75. The van der Waals surface area contributed by atoms with Crippen molar-refractivity contribution in [2.24, 2.45) is 5.73 Å².